The molecule has 1 heterocycles. The largest absolute Gasteiger partial charge is 0.465 e. The van der Waals surface area contributed by atoms with Crippen LogP contribution in [0.1, 0.15) is 29.6 Å². The first-order chi connectivity index (χ1) is 13.8. The van der Waals surface area contributed by atoms with Crippen molar-refractivity contribution in [3.05, 3.63) is 58.6 Å². The van der Waals surface area contributed by atoms with Crippen molar-refractivity contribution in [1.29, 1.82) is 0 Å². The van der Waals surface area contributed by atoms with E-state index >= 15 is 0 Å². The third kappa shape index (κ3) is 4.68. The van der Waals surface area contributed by atoms with Crippen LogP contribution in [0.25, 0.3) is 0 Å². The van der Waals surface area contributed by atoms with Crippen molar-refractivity contribution in [1.82, 2.24) is 4.31 Å². The standard InChI is InChI=1S/C20H21BrN2O5S/c1-28-20(25)16-6-2-3-7-17(16)22-19(24)18-8-4-5-13-23(18)29(26,27)15-11-9-14(21)10-12-15/h2-3,6-7,9-12,18H,4-5,8,13H2,1H3,(H,22,24). The number of benzene rings is 2. The number of carbonyl (C=O) groups is 2. The van der Waals surface area contributed by atoms with Gasteiger partial charge in [-0.05, 0) is 49.2 Å². The number of piperidine rings is 1. The van der Waals surface area contributed by atoms with Crippen LogP contribution in [0.2, 0.25) is 0 Å². The Morgan fingerprint density at radius 1 is 1.10 bits per heavy atom. The van der Waals surface area contributed by atoms with E-state index in [2.05, 4.69) is 21.2 Å². The number of carbonyl (C=O) groups excluding carboxylic acids is 2. The number of nitrogens with zero attached hydrogens (tertiary/aromatic N) is 1. The summed E-state index contributed by atoms with van der Waals surface area (Å²) >= 11 is 3.29. The van der Waals surface area contributed by atoms with E-state index in [0.29, 0.717) is 12.8 Å². The smallest absolute Gasteiger partial charge is 0.339 e. The zero-order valence-electron chi connectivity index (χ0n) is 15.8. The lowest BCUT2D eigenvalue weighted by molar-refractivity contribution is -0.120. The Bertz CT molecular complexity index is 1010. The Morgan fingerprint density at radius 2 is 1.79 bits per heavy atom. The van der Waals surface area contributed by atoms with Crippen LogP contribution < -0.4 is 5.32 Å². The maximum Gasteiger partial charge on any atom is 0.339 e. The quantitative estimate of drug-likeness (QED) is 0.661. The molecule has 0 radical (unpaired) electrons. The summed E-state index contributed by atoms with van der Waals surface area (Å²) in [7, 11) is -2.58. The first-order valence-electron chi connectivity index (χ1n) is 9.10. The van der Waals surface area contributed by atoms with E-state index in [0.717, 1.165) is 10.9 Å². The van der Waals surface area contributed by atoms with Gasteiger partial charge < -0.3 is 10.1 Å². The molecule has 0 aliphatic carbocycles. The van der Waals surface area contributed by atoms with E-state index in [1.807, 2.05) is 0 Å². The van der Waals surface area contributed by atoms with Crippen molar-refractivity contribution in [2.24, 2.45) is 0 Å². The lowest BCUT2D eigenvalue weighted by atomic mass is 10.0. The average molecular weight is 481 g/mol. The highest BCUT2D eigenvalue weighted by molar-refractivity contribution is 9.10. The minimum Gasteiger partial charge on any atom is -0.465 e. The molecule has 1 amide bonds. The summed E-state index contributed by atoms with van der Waals surface area (Å²) in [4.78, 5) is 25.1. The summed E-state index contributed by atoms with van der Waals surface area (Å²) < 4.78 is 33.0. The average Bonchev–Trinajstić information content (AvgIpc) is 2.74. The number of sulfonamides is 1. The van der Waals surface area contributed by atoms with Gasteiger partial charge in [0.15, 0.2) is 0 Å². The fourth-order valence-corrected chi connectivity index (χ4v) is 5.21. The molecule has 2 aromatic rings. The van der Waals surface area contributed by atoms with Crippen LogP contribution in [0.4, 0.5) is 5.69 Å². The van der Waals surface area contributed by atoms with E-state index in [9.17, 15) is 18.0 Å². The summed E-state index contributed by atoms with van der Waals surface area (Å²) in [5.41, 5.74) is 0.498. The number of amides is 1. The highest BCUT2D eigenvalue weighted by Crippen LogP contribution is 2.27. The normalized spacial score (nSPS) is 17.5. The van der Waals surface area contributed by atoms with Gasteiger partial charge in [-0.15, -0.1) is 0 Å². The summed E-state index contributed by atoms with van der Waals surface area (Å²) in [6.45, 7) is 0.259. The highest BCUT2D eigenvalue weighted by Gasteiger charge is 2.37. The summed E-state index contributed by atoms with van der Waals surface area (Å²) in [5.74, 6) is -1.05. The van der Waals surface area contributed by atoms with Crippen molar-refractivity contribution in [3.63, 3.8) is 0 Å². The maximum atomic E-state index is 13.1. The molecule has 0 aromatic heterocycles. The fraction of sp³-hybridized carbons (Fsp3) is 0.300. The molecule has 1 saturated heterocycles. The Balaban J connectivity index is 1.88. The van der Waals surface area contributed by atoms with Crippen molar-refractivity contribution in [3.8, 4) is 0 Å². The van der Waals surface area contributed by atoms with Crippen LogP contribution in [0.3, 0.4) is 0 Å². The van der Waals surface area contributed by atoms with Crippen LogP contribution in [0.15, 0.2) is 57.9 Å². The third-order valence-electron chi connectivity index (χ3n) is 4.77. The SMILES string of the molecule is COC(=O)c1ccccc1NC(=O)C1CCCCN1S(=O)(=O)c1ccc(Br)cc1. The lowest BCUT2D eigenvalue weighted by Crippen LogP contribution is -2.49. The number of para-hydroxylation sites is 1. The molecule has 1 aliphatic heterocycles. The molecule has 1 fully saturated rings. The van der Waals surface area contributed by atoms with Gasteiger partial charge in [-0.25, -0.2) is 13.2 Å². The molecule has 7 nitrogen and oxygen atoms in total. The van der Waals surface area contributed by atoms with Gasteiger partial charge in [-0.1, -0.05) is 34.5 Å². The number of ether oxygens (including phenoxy) is 1. The van der Waals surface area contributed by atoms with Crippen molar-refractivity contribution < 1.29 is 22.7 Å². The molecule has 3 rings (SSSR count). The van der Waals surface area contributed by atoms with Crippen molar-refractivity contribution >= 4 is 43.5 Å². The van der Waals surface area contributed by atoms with Gasteiger partial charge in [0.05, 0.1) is 23.3 Å². The minimum absolute atomic E-state index is 0.135. The molecule has 9 heteroatoms. The fourth-order valence-electron chi connectivity index (χ4n) is 3.29. The molecule has 0 bridgehead atoms. The van der Waals surface area contributed by atoms with Gasteiger partial charge in [-0.2, -0.15) is 4.31 Å². The van der Waals surface area contributed by atoms with E-state index in [1.54, 1.807) is 36.4 Å². The molecular formula is C20H21BrN2O5S. The summed E-state index contributed by atoms with van der Waals surface area (Å²) in [6.07, 6.45) is 1.82. The summed E-state index contributed by atoms with van der Waals surface area (Å²) in [5, 5.41) is 2.70. The number of methoxy groups -OCH3 is 1. The van der Waals surface area contributed by atoms with E-state index in [4.69, 9.17) is 4.74 Å². The molecular weight excluding hydrogens is 460 g/mol. The number of rotatable bonds is 5. The number of esters is 1. The molecule has 1 atom stereocenters. The van der Waals surface area contributed by atoms with Crippen LogP contribution >= 0.6 is 15.9 Å². The van der Waals surface area contributed by atoms with Crippen LogP contribution in [0, 0.1) is 0 Å². The predicted molar refractivity (Wildman–Crippen MR) is 112 cm³/mol. The highest BCUT2D eigenvalue weighted by atomic mass is 79.9. The van der Waals surface area contributed by atoms with E-state index < -0.39 is 27.9 Å². The minimum atomic E-state index is -3.84. The number of hydrogen-bond acceptors (Lipinski definition) is 5. The molecule has 1 unspecified atom stereocenters. The molecule has 2 aromatic carbocycles. The molecule has 1 aliphatic rings. The van der Waals surface area contributed by atoms with Gasteiger partial charge in [0.25, 0.3) is 0 Å². The van der Waals surface area contributed by atoms with Gasteiger partial charge in [0.1, 0.15) is 6.04 Å². The number of nitrogens with one attached hydrogen (secondary N) is 1. The second-order valence-corrected chi connectivity index (χ2v) is 9.41. The topological polar surface area (TPSA) is 92.8 Å². The lowest BCUT2D eigenvalue weighted by Gasteiger charge is -2.33. The van der Waals surface area contributed by atoms with Gasteiger partial charge >= 0.3 is 5.97 Å². The Labute approximate surface area is 178 Å². The van der Waals surface area contributed by atoms with Crippen LogP contribution in [-0.2, 0) is 19.6 Å². The first-order valence-corrected chi connectivity index (χ1v) is 11.3. The Hall–Kier alpha value is -2.23. The van der Waals surface area contributed by atoms with E-state index in [-0.39, 0.29) is 22.7 Å². The molecule has 0 saturated carbocycles. The number of anilines is 1. The van der Waals surface area contributed by atoms with Gasteiger partial charge in [0, 0.05) is 11.0 Å². The van der Waals surface area contributed by atoms with Crippen molar-refractivity contribution in [2.75, 3.05) is 19.0 Å². The third-order valence-corrected chi connectivity index (χ3v) is 7.22. The van der Waals surface area contributed by atoms with Crippen LogP contribution in [0.5, 0.6) is 0 Å². The monoisotopic (exact) mass is 480 g/mol. The molecule has 154 valence electrons. The van der Waals surface area contributed by atoms with E-state index in [1.165, 1.54) is 23.5 Å². The molecule has 1 N–H and O–H groups in total. The Morgan fingerprint density at radius 3 is 2.48 bits per heavy atom. The van der Waals surface area contributed by atoms with Crippen molar-refractivity contribution in [2.45, 2.75) is 30.2 Å². The second kappa shape index (κ2) is 9.06. The number of hydrogen-bond donors (Lipinski definition) is 1. The number of halogens is 1. The first kappa shape index (κ1) is 21.5. The summed E-state index contributed by atoms with van der Waals surface area (Å²) in [6, 6.07) is 11.9. The zero-order chi connectivity index (χ0) is 21.0. The molecule has 0 spiro atoms. The van der Waals surface area contributed by atoms with Gasteiger partial charge in [-0.3, -0.25) is 4.79 Å². The predicted octanol–water partition coefficient (Wildman–Crippen LogP) is 3.42. The maximum absolute atomic E-state index is 13.1. The Kier molecular flexibility index (Phi) is 6.71. The zero-order valence-corrected chi connectivity index (χ0v) is 18.2. The van der Waals surface area contributed by atoms with Crippen LogP contribution in [-0.4, -0.2) is 44.3 Å². The second-order valence-electron chi connectivity index (χ2n) is 6.61. The molecule has 29 heavy (non-hydrogen) atoms. The van der Waals surface area contributed by atoms with Gasteiger partial charge in [0.2, 0.25) is 15.9 Å².